The Balaban J connectivity index is 1.70. The SMILES string of the molecule is O=C(NCc1nc(-c2cccc(C(F)(F)F)c2)no1)c1ccccc1. The molecular weight excluding hydrogens is 335 g/mol. The molecule has 0 spiro atoms. The van der Waals surface area contributed by atoms with Crippen molar-refractivity contribution in [3.05, 3.63) is 71.6 Å². The summed E-state index contributed by atoms with van der Waals surface area (Å²) in [5.41, 5.74) is -0.145. The predicted octanol–water partition coefficient (Wildman–Crippen LogP) is 3.69. The summed E-state index contributed by atoms with van der Waals surface area (Å²) in [4.78, 5) is 15.9. The van der Waals surface area contributed by atoms with Gasteiger partial charge in [-0.2, -0.15) is 18.2 Å². The first kappa shape index (κ1) is 16.7. The number of carbonyl (C=O) groups excluding carboxylic acids is 1. The van der Waals surface area contributed by atoms with Gasteiger partial charge in [0.2, 0.25) is 11.7 Å². The molecule has 25 heavy (non-hydrogen) atoms. The van der Waals surface area contributed by atoms with Crippen LogP contribution in [0.15, 0.2) is 59.1 Å². The molecule has 0 unspecified atom stereocenters. The monoisotopic (exact) mass is 347 g/mol. The van der Waals surface area contributed by atoms with Crippen LogP contribution in [-0.4, -0.2) is 16.0 Å². The van der Waals surface area contributed by atoms with Crippen molar-refractivity contribution in [1.82, 2.24) is 15.5 Å². The van der Waals surface area contributed by atoms with Crippen molar-refractivity contribution >= 4 is 5.91 Å². The Morgan fingerprint density at radius 3 is 2.56 bits per heavy atom. The molecule has 0 fully saturated rings. The number of nitrogens with one attached hydrogen (secondary N) is 1. The molecular formula is C17H12F3N3O2. The van der Waals surface area contributed by atoms with Crippen molar-refractivity contribution < 1.29 is 22.5 Å². The van der Waals surface area contributed by atoms with Crippen LogP contribution >= 0.6 is 0 Å². The molecule has 128 valence electrons. The van der Waals surface area contributed by atoms with E-state index >= 15 is 0 Å². The Morgan fingerprint density at radius 2 is 1.84 bits per heavy atom. The number of rotatable bonds is 4. The van der Waals surface area contributed by atoms with Crippen LogP contribution in [0, 0.1) is 0 Å². The van der Waals surface area contributed by atoms with Gasteiger partial charge in [0.25, 0.3) is 5.91 Å². The van der Waals surface area contributed by atoms with E-state index in [1.54, 1.807) is 30.3 Å². The molecule has 0 bridgehead atoms. The molecule has 1 heterocycles. The number of amides is 1. The third-order valence-corrected chi connectivity index (χ3v) is 3.35. The van der Waals surface area contributed by atoms with E-state index < -0.39 is 11.7 Å². The first-order chi connectivity index (χ1) is 11.9. The number of halogens is 3. The summed E-state index contributed by atoms with van der Waals surface area (Å²) in [5.74, 6) is -0.203. The number of alkyl halides is 3. The normalized spacial score (nSPS) is 11.3. The number of carbonyl (C=O) groups is 1. The highest BCUT2D eigenvalue weighted by Gasteiger charge is 2.30. The van der Waals surface area contributed by atoms with Crippen LogP contribution in [0.3, 0.4) is 0 Å². The van der Waals surface area contributed by atoms with Crippen LogP contribution in [0.2, 0.25) is 0 Å². The van der Waals surface area contributed by atoms with Gasteiger partial charge in [-0.3, -0.25) is 4.79 Å². The minimum Gasteiger partial charge on any atom is -0.343 e. The molecule has 0 aliphatic rings. The van der Waals surface area contributed by atoms with Crippen LogP contribution in [0.1, 0.15) is 21.8 Å². The van der Waals surface area contributed by atoms with Gasteiger partial charge in [-0.15, -0.1) is 0 Å². The fourth-order valence-electron chi connectivity index (χ4n) is 2.13. The van der Waals surface area contributed by atoms with E-state index in [4.69, 9.17) is 4.52 Å². The highest BCUT2D eigenvalue weighted by Crippen LogP contribution is 2.31. The zero-order valence-corrected chi connectivity index (χ0v) is 12.7. The Morgan fingerprint density at radius 1 is 1.08 bits per heavy atom. The van der Waals surface area contributed by atoms with E-state index in [9.17, 15) is 18.0 Å². The van der Waals surface area contributed by atoms with Crippen molar-refractivity contribution in [3.63, 3.8) is 0 Å². The molecule has 1 N–H and O–H groups in total. The molecule has 3 rings (SSSR count). The minimum atomic E-state index is -4.45. The fraction of sp³-hybridized carbons (Fsp3) is 0.118. The smallest absolute Gasteiger partial charge is 0.343 e. The fourth-order valence-corrected chi connectivity index (χ4v) is 2.13. The van der Waals surface area contributed by atoms with E-state index in [-0.39, 0.29) is 29.7 Å². The van der Waals surface area contributed by atoms with Gasteiger partial charge >= 0.3 is 6.18 Å². The average molecular weight is 347 g/mol. The molecule has 2 aromatic carbocycles. The van der Waals surface area contributed by atoms with E-state index in [0.29, 0.717) is 5.56 Å². The highest BCUT2D eigenvalue weighted by molar-refractivity contribution is 5.93. The number of nitrogens with zero attached hydrogens (tertiary/aromatic N) is 2. The van der Waals surface area contributed by atoms with Gasteiger partial charge in [-0.25, -0.2) is 0 Å². The second-order valence-corrected chi connectivity index (χ2v) is 5.14. The summed E-state index contributed by atoms with van der Waals surface area (Å²) in [5, 5.41) is 6.26. The van der Waals surface area contributed by atoms with Gasteiger partial charge in [0.1, 0.15) is 0 Å². The Labute approximate surface area is 140 Å². The first-order valence-corrected chi connectivity index (χ1v) is 7.27. The first-order valence-electron chi connectivity index (χ1n) is 7.27. The molecule has 5 nitrogen and oxygen atoms in total. The van der Waals surface area contributed by atoms with Crippen molar-refractivity contribution in [2.75, 3.05) is 0 Å². The van der Waals surface area contributed by atoms with E-state index in [1.807, 2.05) is 0 Å². The molecule has 1 aromatic heterocycles. The summed E-state index contributed by atoms with van der Waals surface area (Å²) in [6, 6.07) is 13.2. The minimum absolute atomic E-state index is 0.0232. The van der Waals surface area contributed by atoms with Gasteiger partial charge in [-0.05, 0) is 24.3 Å². The molecule has 0 radical (unpaired) electrons. The highest BCUT2D eigenvalue weighted by atomic mass is 19.4. The molecule has 8 heteroatoms. The molecule has 0 aliphatic carbocycles. The van der Waals surface area contributed by atoms with Gasteiger partial charge in [0.05, 0.1) is 12.1 Å². The van der Waals surface area contributed by atoms with Gasteiger partial charge in [0, 0.05) is 11.1 Å². The second-order valence-electron chi connectivity index (χ2n) is 5.14. The summed E-state index contributed by atoms with van der Waals surface area (Å²) >= 11 is 0. The molecule has 0 saturated heterocycles. The Bertz CT molecular complexity index is 876. The number of aromatic nitrogens is 2. The lowest BCUT2D eigenvalue weighted by Gasteiger charge is -2.06. The number of benzene rings is 2. The van der Waals surface area contributed by atoms with Crippen molar-refractivity contribution in [2.45, 2.75) is 12.7 Å². The quantitative estimate of drug-likeness (QED) is 0.782. The molecule has 1 amide bonds. The third-order valence-electron chi connectivity index (χ3n) is 3.35. The lowest BCUT2D eigenvalue weighted by Crippen LogP contribution is -2.22. The predicted molar refractivity (Wildman–Crippen MR) is 82.3 cm³/mol. The van der Waals surface area contributed by atoms with Crippen LogP contribution in [-0.2, 0) is 12.7 Å². The maximum atomic E-state index is 12.7. The van der Waals surface area contributed by atoms with Gasteiger partial charge in [-0.1, -0.05) is 35.5 Å². The number of hydrogen-bond donors (Lipinski definition) is 1. The van der Waals surface area contributed by atoms with Gasteiger partial charge < -0.3 is 9.84 Å². The summed E-state index contributed by atoms with van der Waals surface area (Å²) in [7, 11) is 0. The van der Waals surface area contributed by atoms with Crippen LogP contribution in [0.5, 0.6) is 0 Å². The van der Waals surface area contributed by atoms with Crippen LogP contribution in [0.4, 0.5) is 13.2 Å². The lowest BCUT2D eigenvalue weighted by atomic mass is 10.1. The molecule has 0 saturated carbocycles. The van der Waals surface area contributed by atoms with E-state index in [0.717, 1.165) is 12.1 Å². The molecule has 0 aliphatic heterocycles. The van der Waals surface area contributed by atoms with Crippen LogP contribution in [0.25, 0.3) is 11.4 Å². The zero-order valence-electron chi connectivity index (χ0n) is 12.7. The van der Waals surface area contributed by atoms with Crippen molar-refractivity contribution in [2.24, 2.45) is 0 Å². The maximum absolute atomic E-state index is 12.7. The Kier molecular flexibility index (Phi) is 4.51. The standard InChI is InChI=1S/C17H12F3N3O2/c18-17(19,20)13-8-4-7-12(9-13)15-22-14(25-23-15)10-21-16(24)11-5-2-1-3-6-11/h1-9H,10H2,(H,21,24). The topological polar surface area (TPSA) is 68.0 Å². The van der Waals surface area contributed by atoms with Crippen molar-refractivity contribution in [1.29, 1.82) is 0 Å². The zero-order chi connectivity index (χ0) is 17.9. The summed E-state index contributed by atoms with van der Waals surface area (Å²) < 4.78 is 43.2. The number of hydrogen-bond acceptors (Lipinski definition) is 4. The van der Waals surface area contributed by atoms with Crippen LogP contribution < -0.4 is 5.32 Å². The summed E-state index contributed by atoms with van der Waals surface area (Å²) in [6.07, 6.45) is -4.45. The third kappa shape index (κ3) is 4.03. The lowest BCUT2D eigenvalue weighted by molar-refractivity contribution is -0.137. The molecule has 0 atom stereocenters. The Hall–Kier alpha value is -3.16. The van der Waals surface area contributed by atoms with E-state index in [1.165, 1.54) is 12.1 Å². The maximum Gasteiger partial charge on any atom is 0.416 e. The largest absolute Gasteiger partial charge is 0.416 e. The molecule has 3 aromatic rings. The second kappa shape index (κ2) is 6.76. The average Bonchev–Trinajstić information content (AvgIpc) is 3.09. The van der Waals surface area contributed by atoms with Crippen molar-refractivity contribution in [3.8, 4) is 11.4 Å². The van der Waals surface area contributed by atoms with E-state index in [2.05, 4.69) is 15.5 Å². The summed E-state index contributed by atoms with van der Waals surface area (Å²) in [6.45, 7) is -0.0281. The van der Waals surface area contributed by atoms with Gasteiger partial charge in [0.15, 0.2) is 0 Å².